The Labute approximate surface area is 108 Å². The Morgan fingerprint density at radius 3 is 2.72 bits per heavy atom. The largest absolute Gasteiger partial charge is 0.481 e. The van der Waals surface area contributed by atoms with Gasteiger partial charge in [-0.05, 0) is 33.6 Å². The third-order valence-corrected chi connectivity index (χ3v) is 2.65. The van der Waals surface area contributed by atoms with Crippen LogP contribution >= 0.6 is 0 Å². The molecule has 0 radical (unpaired) electrons. The summed E-state index contributed by atoms with van der Waals surface area (Å²) >= 11 is 0. The van der Waals surface area contributed by atoms with Gasteiger partial charge in [-0.25, -0.2) is 4.98 Å². The molecule has 100 valence electrons. The SMILES string of the molecule is COc1cc(NC(C)(C)C)nc(C2CCCO2)n1. The summed E-state index contributed by atoms with van der Waals surface area (Å²) in [5.74, 6) is 2.06. The highest BCUT2D eigenvalue weighted by atomic mass is 16.5. The average Bonchev–Trinajstić information content (AvgIpc) is 2.79. The van der Waals surface area contributed by atoms with Crippen LogP contribution in [0.1, 0.15) is 45.5 Å². The molecular weight excluding hydrogens is 230 g/mol. The van der Waals surface area contributed by atoms with E-state index in [4.69, 9.17) is 9.47 Å². The molecule has 18 heavy (non-hydrogen) atoms. The number of anilines is 1. The number of hydrogen-bond acceptors (Lipinski definition) is 5. The zero-order valence-corrected chi connectivity index (χ0v) is 11.5. The topological polar surface area (TPSA) is 56.3 Å². The van der Waals surface area contributed by atoms with Crippen LogP contribution in [0.4, 0.5) is 5.82 Å². The van der Waals surface area contributed by atoms with Crippen LogP contribution in [0.5, 0.6) is 5.88 Å². The van der Waals surface area contributed by atoms with E-state index in [-0.39, 0.29) is 11.6 Å². The first kappa shape index (κ1) is 13.1. The van der Waals surface area contributed by atoms with E-state index in [2.05, 4.69) is 36.1 Å². The van der Waals surface area contributed by atoms with E-state index in [1.807, 2.05) is 6.07 Å². The predicted octanol–water partition coefficient (Wildman–Crippen LogP) is 2.55. The Morgan fingerprint density at radius 1 is 1.39 bits per heavy atom. The van der Waals surface area contributed by atoms with Gasteiger partial charge < -0.3 is 14.8 Å². The highest BCUT2D eigenvalue weighted by Gasteiger charge is 2.22. The number of hydrogen-bond donors (Lipinski definition) is 1. The van der Waals surface area contributed by atoms with Crippen LogP contribution in [-0.4, -0.2) is 29.2 Å². The fourth-order valence-corrected chi connectivity index (χ4v) is 1.92. The highest BCUT2D eigenvalue weighted by Crippen LogP contribution is 2.28. The lowest BCUT2D eigenvalue weighted by atomic mass is 10.1. The molecule has 1 N–H and O–H groups in total. The van der Waals surface area contributed by atoms with Crippen molar-refractivity contribution in [3.05, 3.63) is 11.9 Å². The van der Waals surface area contributed by atoms with E-state index in [0.717, 1.165) is 25.3 Å². The Bertz CT molecular complexity index is 409. The van der Waals surface area contributed by atoms with Crippen LogP contribution < -0.4 is 10.1 Å². The highest BCUT2D eigenvalue weighted by molar-refractivity contribution is 5.40. The molecule has 1 unspecified atom stereocenters. The maximum absolute atomic E-state index is 5.62. The number of ether oxygens (including phenoxy) is 2. The smallest absolute Gasteiger partial charge is 0.218 e. The van der Waals surface area contributed by atoms with Gasteiger partial charge in [-0.2, -0.15) is 4.98 Å². The molecule has 1 aliphatic heterocycles. The molecule has 1 aromatic rings. The van der Waals surface area contributed by atoms with Gasteiger partial charge in [0.1, 0.15) is 11.9 Å². The van der Waals surface area contributed by atoms with Crippen molar-refractivity contribution in [2.24, 2.45) is 0 Å². The van der Waals surface area contributed by atoms with E-state index < -0.39 is 0 Å². The molecule has 1 saturated heterocycles. The van der Waals surface area contributed by atoms with E-state index in [1.165, 1.54) is 0 Å². The summed E-state index contributed by atoms with van der Waals surface area (Å²) in [4.78, 5) is 8.89. The van der Waals surface area contributed by atoms with Gasteiger partial charge in [0.25, 0.3) is 0 Å². The normalized spacial score (nSPS) is 19.9. The molecule has 0 bridgehead atoms. The number of nitrogens with zero attached hydrogens (tertiary/aromatic N) is 2. The fraction of sp³-hybridized carbons (Fsp3) is 0.692. The van der Waals surface area contributed by atoms with Gasteiger partial charge in [0, 0.05) is 18.2 Å². The van der Waals surface area contributed by atoms with E-state index in [9.17, 15) is 0 Å². The van der Waals surface area contributed by atoms with Gasteiger partial charge in [-0.3, -0.25) is 0 Å². The second-order valence-corrected chi connectivity index (χ2v) is 5.53. The summed E-state index contributed by atoms with van der Waals surface area (Å²) in [6.07, 6.45) is 2.04. The average molecular weight is 251 g/mol. The van der Waals surface area contributed by atoms with Crippen LogP contribution in [0.25, 0.3) is 0 Å². The van der Waals surface area contributed by atoms with E-state index in [0.29, 0.717) is 11.7 Å². The summed E-state index contributed by atoms with van der Waals surface area (Å²) in [6, 6.07) is 1.81. The van der Waals surface area contributed by atoms with Crippen molar-refractivity contribution >= 4 is 5.82 Å². The van der Waals surface area contributed by atoms with Crippen molar-refractivity contribution in [3.8, 4) is 5.88 Å². The van der Waals surface area contributed by atoms with Crippen molar-refractivity contribution in [3.63, 3.8) is 0 Å². The second kappa shape index (κ2) is 5.10. The summed E-state index contributed by atoms with van der Waals surface area (Å²) < 4.78 is 10.8. The zero-order chi connectivity index (χ0) is 13.2. The molecule has 2 rings (SSSR count). The molecule has 2 heterocycles. The van der Waals surface area contributed by atoms with Gasteiger partial charge in [-0.1, -0.05) is 0 Å². The molecule has 0 amide bonds. The molecule has 5 heteroatoms. The third kappa shape index (κ3) is 3.32. The predicted molar refractivity (Wildman–Crippen MR) is 69.9 cm³/mol. The summed E-state index contributed by atoms with van der Waals surface area (Å²) in [7, 11) is 1.61. The summed E-state index contributed by atoms with van der Waals surface area (Å²) in [5.41, 5.74) is -0.0484. The zero-order valence-electron chi connectivity index (χ0n) is 11.5. The van der Waals surface area contributed by atoms with Crippen molar-refractivity contribution in [2.45, 2.75) is 45.3 Å². The maximum Gasteiger partial charge on any atom is 0.218 e. The first-order chi connectivity index (χ1) is 8.48. The van der Waals surface area contributed by atoms with Crippen LogP contribution in [0.15, 0.2) is 6.07 Å². The van der Waals surface area contributed by atoms with Crippen molar-refractivity contribution in [1.29, 1.82) is 0 Å². The minimum Gasteiger partial charge on any atom is -0.481 e. The van der Waals surface area contributed by atoms with Gasteiger partial charge in [-0.15, -0.1) is 0 Å². The van der Waals surface area contributed by atoms with Gasteiger partial charge in [0.05, 0.1) is 7.11 Å². The number of nitrogens with one attached hydrogen (secondary N) is 1. The number of aromatic nitrogens is 2. The number of methoxy groups -OCH3 is 1. The molecule has 1 fully saturated rings. The quantitative estimate of drug-likeness (QED) is 0.894. The van der Waals surface area contributed by atoms with Crippen LogP contribution in [0, 0.1) is 0 Å². The van der Waals surface area contributed by atoms with Crippen LogP contribution in [0.2, 0.25) is 0 Å². The van der Waals surface area contributed by atoms with E-state index >= 15 is 0 Å². The molecule has 0 aromatic carbocycles. The molecule has 5 nitrogen and oxygen atoms in total. The van der Waals surface area contributed by atoms with E-state index in [1.54, 1.807) is 7.11 Å². The lowest BCUT2D eigenvalue weighted by Gasteiger charge is -2.22. The Morgan fingerprint density at radius 2 is 2.17 bits per heavy atom. The third-order valence-electron chi connectivity index (χ3n) is 2.65. The minimum absolute atomic E-state index is 0.000573. The summed E-state index contributed by atoms with van der Waals surface area (Å²) in [5, 5.41) is 3.33. The van der Waals surface area contributed by atoms with Crippen molar-refractivity contribution < 1.29 is 9.47 Å². The van der Waals surface area contributed by atoms with Crippen LogP contribution in [0.3, 0.4) is 0 Å². The monoisotopic (exact) mass is 251 g/mol. The lowest BCUT2D eigenvalue weighted by Crippen LogP contribution is -2.27. The summed E-state index contributed by atoms with van der Waals surface area (Å²) in [6.45, 7) is 7.06. The molecule has 1 atom stereocenters. The molecule has 1 aromatic heterocycles. The first-order valence-corrected chi connectivity index (χ1v) is 6.31. The minimum atomic E-state index is -0.0484. The van der Waals surface area contributed by atoms with Crippen molar-refractivity contribution in [2.75, 3.05) is 19.0 Å². The molecule has 0 aliphatic carbocycles. The van der Waals surface area contributed by atoms with Crippen molar-refractivity contribution in [1.82, 2.24) is 9.97 Å². The Hall–Kier alpha value is -1.36. The standard InChI is InChI=1S/C13H21N3O2/c1-13(2,3)16-10-8-11(17-4)15-12(14-10)9-6-5-7-18-9/h8-9H,5-7H2,1-4H3,(H,14,15,16). The first-order valence-electron chi connectivity index (χ1n) is 6.31. The Kier molecular flexibility index (Phi) is 3.71. The number of rotatable bonds is 3. The molecule has 0 spiro atoms. The lowest BCUT2D eigenvalue weighted by molar-refractivity contribution is 0.104. The molecule has 1 aliphatic rings. The van der Waals surface area contributed by atoms with Gasteiger partial charge >= 0.3 is 0 Å². The molecule has 0 saturated carbocycles. The van der Waals surface area contributed by atoms with Gasteiger partial charge in [0.2, 0.25) is 5.88 Å². The molecular formula is C13H21N3O2. The Balaban J connectivity index is 2.26. The second-order valence-electron chi connectivity index (χ2n) is 5.53. The van der Waals surface area contributed by atoms with Gasteiger partial charge in [0.15, 0.2) is 5.82 Å². The maximum atomic E-state index is 5.62. The van der Waals surface area contributed by atoms with Crippen LogP contribution in [-0.2, 0) is 4.74 Å². The fourth-order valence-electron chi connectivity index (χ4n) is 1.92.